The number of hydrogen-bond donors (Lipinski definition) is 0. The third kappa shape index (κ3) is 3.65. The highest BCUT2D eigenvalue weighted by molar-refractivity contribution is 5.51. The van der Waals surface area contributed by atoms with Crippen LogP contribution in [0, 0.1) is 16.1 Å². The summed E-state index contributed by atoms with van der Waals surface area (Å²) >= 11 is 0. The topological polar surface area (TPSA) is 74.5 Å². The van der Waals surface area contributed by atoms with Crippen LogP contribution in [-0.4, -0.2) is 17.0 Å². The predicted octanol–water partition coefficient (Wildman–Crippen LogP) is 3.95. The van der Waals surface area contributed by atoms with E-state index in [1.807, 2.05) is 0 Å². The van der Waals surface area contributed by atoms with E-state index in [2.05, 4.69) is 4.98 Å². The smallest absolute Gasteiger partial charge is 0.420 e. The first-order valence-corrected chi connectivity index (χ1v) is 5.96. The molecule has 0 bridgehead atoms. The van der Waals surface area contributed by atoms with Crippen LogP contribution < -0.4 is 9.47 Å². The van der Waals surface area contributed by atoms with Gasteiger partial charge in [0.1, 0.15) is 11.3 Å². The molecule has 2 rings (SSSR count). The number of methoxy groups -OCH3 is 1. The number of hydrogen-bond acceptors (Lipinski definition) is 5. The van der Waals surface area contributed by atoms with Crippen LogP contribution in [-0.2, 0) is 6.18 Å². The predicted molar refractivity (Wildman–Crippen MR) is 68.9 cm³/mol. The molecular formula is C13H8F4N2O4. The molecule has 0 fully saturated rings. The van der Waals surface area contributed by atoms with E-state index in [1.54, 1.807) is 0 Å². The fourth-order valence-corrected chi connectivity index (χ4v) is 1.68. The molecule has 0 saturated carbocycles. The molecule has 0 N–H and O–H groups in total. The summed E-state index contributed by atoms with van der Waals surface area (Å²) in [7, 11) is 1.23. The molecule has 0 aliphatic rings. The molecule has 0 atom stereocenters. The summed E-state index contributed by atoms with van der Waals surface area (Å²) < 4.78 is 60.4. The molecule has 122 valence electrons. The zero-order valence-corrected chi connectivity index (χ0v) is 11.4. The minimum atomic E-state index is -4.88. The zero-order valence-electron chi connectivity index (χ0n) is 11.4. The average Bonchev–Trinajstić information content (AvgIpc) is 2.45. The van der Waals surface area contributed by atoms with E-state index in [4.69, 9.17) is 9.47 Å². The third-order valence-corrected chi connectivity index (χ3v) is 2.70. The number of rotatable bonds is 4. The van der Waals surface area contributed by atoms with E-state index in [-0.39, 0.29) is 11.5 Å². The second kappa shape index (κ2) is 6.07. The second-order valence-electron chi connectivity index (χ2n) is 4.18. The number of nitrogens with zero attached hydrogens (tertiary/aromatic N) is 2. The molecule has 6 nitrogen and oxygen atoms in total. The Kier molecular flexibility index (Phi) is 4.34. The number of benzene rings is 1. The van der Waals surface area contributed by atoms with E-state index in [0.717, 1.165) is 12.1 Å². The Bertz CT molecular complexity index is 749. The van der Waals surface area contributed by atoms with Crippen LogP contribution in [0.25, 0.3) is 0 Å². The second-order valence-corrected chi connectivity index (χ2v) is 4.18. The maximum Gasteiger partial charge on any atom is 0.420 e. The number of halogens is 4. The van der Waals surface area contributed by atoms with Crippen LogP contribution in [0.3, 0.4) is 0 Å². The lowest BCUT2D eigenvalue weighted by Gasteiger charge is -2.09. The van der Waals surface area contributed by atoms with Crippen molar-refractivity contribution in [1.29, 1.82) is 0 Å². The van der Waals surface area contributed by atoms with Crippen molar-refractivity contribution in [3.63, 3.8) is 0 Å². The highest BCUT2D eigenvalue weighted by Crippen LogP contribution is 2.34. The Morgan fingerprint density at radius 2 is 1.91 bits per heavy atom. The van der Waals surface area contributed by atoms with Gasteiger partial charge in [0.2, 0.25) is 11.8 Å². The number of alkyl halides is 3. The molecule has 0 saturated heterocycles. The van der Waals surface area contributed by atoms with Crippen molar-refractivity contribution in [2.24, 2.45) is 0 Å². The van der Waals surface area contributed by atoms with Gasteiger partial charge in [0.15, 0.2) is 5.75 Å². The number of ether oxygens (including phenoxy) is 2. The quantitative estimate of drug-likeness (QED) is 0.367. The number of nitro groups is 1. The number of pyridine rings is 1. The van der Waals surface area contributed by atoms with Gasteiger partial charge in [0.25, 0.3) is 0 Å². The van der Waals surface area contributed by atoms with Crippen molar-refractivity contribution < 1.29 is 32.0 Å². The normalized spacial score (nSPS) is 11.2. The summed E-state index contributed by atoms with van der Waals surface area (Å²) in [6.45, 7) is 0. The Morgan fingerprint density at radius 3 is 2.43 bits per heavy atom. The van der Waals surface area contributed by atoms with Gasteiger partial charge in [-0.05, 0) is 18.2 Å². The summed E-state index contributed by atoms with van der Waals surface area (Å²) in [5.74, 6) is -2.37. The molecule has 1 aromatic heterocycles. The molecule has 0 aliphatic heterocycles. The molecule has 1 heterocycles. The van der Waals surface area contributed by atoms with Crippen molar-refractivity contribution >= 4 is 5.69 Å². The Balaban J connectivity index is 2.31. The maximum absolute atomic E-state index is 13.3. The SMILES string of the molecule is COc1ccc(Oc2ccc(C(F)(F)F)c(F)n2)cc1[N+](=O)[O-]. The van der Waals surface area contributed by atoms with Crippen LogP contribution in [0.5, 0.6) is 17.4 Å². The highest BCUT2D eigenvalue weighted by Gasteiger charge is 2.35. The van der Waals surface area contributed by atoms with Gasteiger partial charge in [0.05, 0.1) is 18.1 Å². The van der Waals surface area contributed by atoms with Crippen molar-refractivity contribution in [3.8, 4) is 17.4 Å². The van der Waals surface area contributed by atoms with Crippen LogP contribution in [0.2, 0.25) is 0 Å². The minimum Gasteiger partial charge on any atom is -0.490 e. The summed E-state index contributed by atoms with van der Waals surface area (Å²) in [5, 5.41) is 10.9. The molecule has 10 heteroatoms. The van der Waals surface area contributed by atoms with Crippen LogP contribution in [0.15, 0.2) is 30.3 Å². The fraction of sp³-hybridized carbons (Fsp3) is 0.154. The lowest BCUT2D eigenvalue weighted by Crippen LogP contribution is -2.09. The summed E-state index contributed by atoms with van der Waals surface area (Å²) in [5.41, 5.74) is -1.96. The summed E-state index contributed by atoms with van der Waals surface area (Å²) in [6, 6.07) is 4.75. The van der Waals surface area contributed by atoms with Crippen molar-refractivity contribution in [2.45, 2.75) is 6.18 Å². The van der Waals surface area contributed by atoms with Gasteiger partial charge in [-0.1, -0.05) is 0 Å². The van der Waals surface area contributed by atoms with E-state index in [0.29, 0.717) is 6.07 Å². The van der Waals surface area contributed by atoms with Gasteiger partial charge >= 0.3 is 11.9 Å². The van der Waals surface area contributed by atoms with E-state index >= 15 is 0 Å². The average molecular weight is 332 g/mol. The molecule has 23 heavy (non-hydrogen) atoms. The lowest BCUT2D eigenvalue weighted by molar-refractivity contribution is -0.385. The van der Waals surface area contributed by atoms with E-state index in [1.165, 1.54) is 19.2 Å². The van der Waals surface area contributed by atoms with Gasteiger partial charge < -0.3 is 9.47 Å². The molecule has 0 aliphatic carbocycles. The fourth-order valence-electron chi connectivity index (χ4n) is 1.68. The van der Waals surface area contributed by atoms with Crippen molar-refractivity contribution in [3.05, 3.63) is 52.0 Å². The maximum atomic E-state index is 13.3. The molecule has 0 amide bonds. The van der Waals surface area contributed by atoms with Crippen molar-refractivity contribution in [1.82, 2.24) is 4.98 Å². The molecule has 0 radical (unpaired) electrons. The molecule has 0 spiro atoms. The first-order chi connectivity index (χ1) is 10.7. The first-order valence-electron chi connectivity index (χ1n) is 5.96. The van der Waals surface area contributed by atoms with Gasteiger partial charge in [-0.15, -0.1) is 0 Å². The Morgan fingerprint density at radius 1 is 1.22 bits per heavy atom. The van der Waals surface area contributed by atoms with E-state index in [9.17, 15) is 27.7 Å². The summed E-state index contributed by atoms with van der Waals surface area (Å²) in [6.07, 6.45) is -4.88. The standard InChI is InChI=1S/C13H8F4N2O4/c1-22-10-4-2-7(6-9(10)19(20)21)23-11-5-3-8(12(14)18-11)13(15,16)17/h2-6H,1H3. The minimum absolute atomic E-state index is 0.0334. The monoisotopic (exact) mass is 332 g/mol. The largest absolute Gasteiger partial charge is 0.490 e. The van der Waals surface area contributed by atoms with Gasteiger partial charge in [-0.25, -0.2) is 0 Å². The van der Waals surface area contributed by atoms with Crippen LogP contribution >= 0.6 is 0 Å². The van der Waals surface area contributed by atoms with Crippen LogP contribution in [0.1, 0.15) is 5.56 Å². The Hall–Kier alpha value is -2.91. The van der Waals surface area contributed by atoms with Crippen LogP contribution in [0.4, 0.5) is 23.2 Å². The Labute approximate surface area is 126 Å². The zero-order chi connectivity index (χ0) is 17.2. The molecule has 2 aromatic rings. The number of nitro benzene ring substituents is 1. The number of aromatic nitrogens is 1. The van der Waals surface area contributed by atoms with E-state index < -0.39 is 34.2 Å². The molecular weight excluding hydrogens is 324 g/mol. The third-order valence-electron chi connectivity index (χ3n) is 2.70. The van der Waals surface area contributed by atoms with Gasteiger partial charge in [0, 0.05) is 6.07 Å². The van der Waals surface area contributed by atoms with Gasteiger partial charge in [-0.3, -0.25) is 10.1 Å². The highest BCUT2D eigenvalue weighted by atomic mass is 19.4. The van der Waals surface area contributed by atoms with Gasteiger partial charge in [-0.2, -0.15) is 22.5 Å². The molecule has 1 aromatic carbocycles. The first kappa shape index (κ1) is 16.5. The lowest BCUT2D eigenvalue weighted by atomic mass is 10.2. The summed E-state index contributed by atoms with van der Waals surface area (Å²) in [4.78, 5) is 13.2. The molecule has 0 unspecified atom stereocenters. The van der Waals surface area contributed by atoms with Crippen molar-refractivity contribution in [2.75, 3.05) is 7.11 Å².